The van der Waals surface area contributed by atoms with Crippen molar-refractivity contribution in [2.24, 2.45) is 5.73 Å². The number of hydrogen-bond donors (Lipinski definition) is 2. The van der Waals surface area contributed by atoms with E-state index in [2.05, 4.69) is 4.72 Å². The molecule has 0 atom stereocenters. The zero-order valence-corrected chi connectivity index (χ0v) is 12.1. The fraction of sp³-hybridized carbons (Fsp3) is 0. The standard InChI is InChI=1S/C13H10ClFN2O3S/c14-11-6-1-8(13(16)18)7-12(11)17-21(19,20)10-4-2-9(15)3-5-10/h1-7,17H,(H2,16,18). The Hall–Kier alpha value is -2.12. The van der Waals surface area contributed by atoms with Crippen LogP contribution in [0.5, 0.6) is 0 Å². The van der Waals surface area contributed by atoms with Gasteiger partial charge in [0.05, 0.1) is 15.6 Å². The van der Waals surface area contributed by atoms with Crippen molar-refractivity contribution in [3.05, 3.63) is 58.9 Å². The number of primary amides is 1. The number of anilines is 1. The van der Waals surface area contributed by atoms with Gasteiger partial charge in [-0.05, 0) is 42.5 Å². The van der Waals surface area contributed by atoms with E-state index in [1.165, 1.54) is 18.2 Å². The molecule has 5 nitrogen and oxygen atoms in total. The minimum atomic E-state index is -3.95. The second kappa shape index (κ2) is 5.71. The maximum atomic E-state index is 12.8. The van der Waals surface area contributed by atoms with Crippen LogP contribution in [0.15, 0.2) is 47.4 Å². The second-order valence-electron chi connectivity index (χ2n) is 4.12. The van der Waals surface area contributed by atoms with Crippen molar-refractivity contribution in [3.8, 4) is 0 Å². The highest BCUT2D eigenvalue weighted by molar-refractivity contribution is 7.92. The number of halogens is 2. The molecule has 2 aromatic carbocycles. The summed E-state index contributed by atoms with van der Waals surface area (Å²) in [5.41, 5.74) is 5.24. The molecule has 0 aliphatic rings. The number of nitrogens with two attached hydrogens (primary N) is 1. The molecule has 2 aromatic rings. The maximum absolute atomic E-state index is 12.8. The largest absolute Gasteiger partial charge is 0.366 e. The molecule has 0 aliphatic heterocycles. The average Bonchev–Trinajstić information content (AvgIpc) is 2.41. The van der Waals surface area contributed by atoms with Gasteiger partial charge in [-0.1, -0.05) is 11.6 Å². The lowest BCUT2D eigenvalue weighted by Gasteiger charge is -2.10. The monoisotopic (exact) mass is 328 g/mol. The molecule has 2 rings (SSSR count). The van der Waals surface area contributed by atoms with E-state index in [9.17, 15) is 17.6 Å². The lowest BCUT2D eigenvalue weighted by molar-refractivity contribution is 0.100. The summed E-state index contributed by atoms with van der Waals surface area (Å²) in [7, 11) is -3.95. The summed E-state index contributed by atoms with van der Waals surface area (Å²) in [4.78, 5) is 11.0. The van der Waals surface area contributed by atoms with Gasteiger partial charge in [-0.15, -0.1) is 0 Å². The first-order valence-corrected chi connectivity index (χ1v) is 7.53. The Morgan fingerprint density at radius 1 is 1.14 bits per heavy atom. The van der Waals surface area contributed by atoms with Crippen LogP contribution < -0.4 is 10.5 Å². The van der Waals surface area contributed by atoms with Crippen molar-refractivity contribution in [3.63, 3.8) is 0 Å². The number of carbonyl (C=O) groups is 1. The first kappa shape index (κ1) is 15.3. The van der Waals surface area contributed by atoms with Crippen molar-refractivity contribution >= 4 is 33.2 Å². The van der Waals surface area contributed by atoms with Gasteiger partial charge in [0.25, 0.3) is 10.0 Å². The fourth-order valence-electron chi connectivity index (χ4n) is 1.57. The van der Waals surface area contributed by atoms with Crippen molar-refractivity contribution in [2.45, 2.75) is 4.90 Å². The summed E-state index contributed by atoms with van der Waals surface area (Å²) in [6.07, 6.45) is 0. The Morgan fingerprint density at radius 3 is 2.33 bits per heavy atom. The Labute approximate surface area is 125 Å². The average molecular weight is 329 g/mol. The predicted octanol–water partition coefficient (Wildman–Crippen LogP) is 2.38. The first-order chi connectivity index (χ1) is 9.79. The molecule has 3 N–H and O–H groups in total. The molecule has 8 heteroatoms. The molecule has 110 valence electrons. The fourth-order valence-corrected chi connectivity index (χ4v) is 2.87. The van der Waals surface area contributed by atoms with E-state index in [1.807, 2.05) is 0 Å². The van der Waals surface area contributed by atoms with Crippen molar-refractivity contribution in [1.82, 2.24) is 0 Å². The molecule has 0 bridgehead atoms. The minimum absolute atomic E-state index is 0.0114. The van der Waals surface area contributed by atoms with Crippen LogP contribution in [-0.2, 0) is 10.0 Å². The third kappa shape index (κ3) is 3.50. The molecule has 0 saturated heterocycles. The zero-order valence-electron chi connectivity index (χ0n) is 10.5. The van der Waals surface area contributed by atoms with E-state index in [1.54, 1.807) is 0 Å². The molecular formula is C13H10ClFN2O3S. The molecular weight excluding hydrogens is 319 g/mol. The molecule has 0 saturated carbocycles. The van der Waals surface area contributed by atoms with Crippen LogP contribution in [0.1, 0.15) is 10.4 Å². The molecule has 1 amide bonds. The van der Waals surface area contributed by atoms with E-state index in [0.717, 1.165) is 24.3 Å². The van der Waals surface area contributed by atoms with E-state index < -0.39 is 21.7 Å². The van der Waals surface area contributed by atoms with E-state index in [4.69, 9.17) is 17.3 Å². The highest BCUT2D eigenvalue weighted by Gasteiger charge is 2.16. The van der Waals surface area contributed by atoms with Gasteiger partial charge in [0.15, 0.2) is 0 Å². The number of amides is 1. The highest BCUT2D eigenvalue weighted by atomic mass is 35.5. The minimum Gasteiger partial charge on any atom is -0.366 e. The van der Waals surface area contributed by atoms with Gasteiger partial charge in [-0.25, -0.2) is 12.8 Å². The normalized spacial score (nSPS) is 11.1. The van der Waals surface area contributed by atoms with Crippen molar-refractivity contribution < 1.29 is 17.6 Å². The summed E-state index contributed by atoms with van der Waals surface area (Å²) in [5.74, 6) is -1.27. The van der Waals surface area contributed by atoms with Crippen LogP contribution in [-0.4, -0.2) is 14.3 Å². The van der Waals surface area contributed by atoms with Crippen molar-refractivity contribution in [2.75, 3.05) is 4.72 Å². The lowest BCUT2D eigenvalue weighted by atomic mass is 10.2. The van der Waals surface area contributed by atoms with Gasteiger partial charge in [0, 0.05) is 5.56 Å². The molecule has 0 radical (unpaired) electrons. The van der Waals surface area contributed by atoms with Crippen LogP contribution in [0.3, 0.4) is 0 Å². The number of nitrogens with one attached hydrogen (secondary N) is 1. The van der Waals surface area contributed by atoms with Gasteiger partial charge >= 0.3 is 0 Å². The number of rotatable bonds is 4. The SMILES string of the molecule is NC(=O)c1ccc(Cl)c(NS(=O)(=O)c2ccc(F)cc2)c1. The maximum Gasteiger partial charge on any atom is 0.261 e. The Morgan fingerprint density at radius 2 is 1.76 bits per heavy atom. The van der Waals surface area contributed by atoms with Gasteiger partial charge in [0.2, 0.25) is 5.91 Å². The topological polar surface area (TPSA) is 89.3 Å². The first-order valence-electron chi connectivity index (χ1n) is 5.67. The lowest BCUT2D eigenvalue weighted by Crippen LogP contribution is -2.15. The molecule has 0 fully saturated rings. The molecule has 21 heavy (non-hydrogen) atoms. The molecule has 0 unspecified atom stereocenters. The Balaban J connectivity index is 2.38. The highest BCUT2D eigenvalue weighted by Crippen LogP contribution is 2.25. The van der Waals surface area contributed by atoms with Crippen LogP contribution in [0.25, 0.3) is 0 Å². The van der Waals surface area contributed by atoms with E-state index in [0.29, 0.717) is 0 Å². The van der Waals surface area contributed by atoms with E-state index in [-0.39, 0.29) is 21.2 Å². The number of carbonyl (C=O) groups excluding carboxylic acids is 1. The summed E-state index contributed by atoms with van der Waals surface area (Å²) in [6.45, 7) is 0. The number of hydrogen-bond acceptors (Lipinski definition) is 3. The van der Waals surface area contributed by atoms with Crippen LogP contribution >= 0.6 is 11.6 Å². The quantitative estimate of drug-likeness (QED) is 0.903. The van der Waals surface area contributed by atoms with Crippen LogP contribution in [0.2, 0.25) is 5.02 Å². The summed E-state index contributed by atoms with van der Waals surface area (Å²) < 4.78 is 39.3. The Bertz CT molecular complexity index is 792. The molecule has 0 aliphatic carbocycles. The number of sulfonamides is 1. The number of benzene rings is 2. The van der Waals surface area contributed by atoms with Gasteiger partial charge in [0.1, 0.15) is 5.82 Å². The predicted molar refractivity (Wildman–Crippen MR) is 77.2 cm³/mol. The Kier molecular flexibility index (Phi) is 4.15. The summed E-state index contributed by atoms with van der Waals surface area (Å²) in [6, 6.07) is 8.23. The van der Waals surface area contributed by atoms with E-state index >= 15 is 0 Å². The summed E-state index contributed by atoms with van der Waals surface area (Å²) in [5, 5.41) is 0.102. The zero-order chi connectivity index (χ0) is 15.6. The molecule has 0 spiro atoms. The van der Waals surface area contributed by atoms with Gasteiger partial charge < -0.3 is 5.73 Å². The van der Waals surface area contributed by atoms with Crippen LogP contribution in [0, 0.1) is 5.82 Å². The third-order valence-corrected chi connectivity index (χ3v) is 4.33. The molecule has 0 heterocycles. The summed E-state index contributed by atoms with van der Waals surface area (Å²) >= 11 is 5.88. The van der Waals surface area contributed by atoms with Gasteiger partial charge in [-0.2, -0.15) is 0 Å². The smallest absolute Gasteiger partial charge is 0.261 e. The van der Waals surface area contributed by atoms with Crippen molar-refractivity contribution in [1.29, 1.82) is 0 Å². The molecule has 0 aromatic heterocycles. The third-order valence-electron chi connectivity index (χ3n) is 2.62. The second-order valence-corrected chi connectivity index (χ2v) is 6.21. The van der Waals surface area contributed by atoms with Crippen LogP contribution in [0.4, 0.5) is 10.1 Å². The van der Waals surface area contributed by atoms with Gasteiger partial charge in [-0.3, -0.25) is 9.52 Å².